The summed E-state index contributed by atoms with van der Waals surface area (Å²) in [5, 5.41) is 0.694. The number of rotatable bonds is 2. The zero-order chi connectivity index (χ0) is 10.7. The summed E-state index contributed by atoms with van der Waals surface area (Å²) in [7, 11) is 0. The summed E-state index contributed by atoms with van der Waals surface area (Å²) >= 11 is 5.77. The lowest BCUT2D eigenvalue weighted by Crippen LogP contribution is -1.87. The van der Waals surface area contributed by atoms with Crippen LogP contribution in [-0.2, 0) is 0 Å². The van der Waals surface area contributed by atoms with Gasteiger partial charge in [0.25, 0.3) is 0 Å². The smallest absolute Gasteiger partial charge is 0.219 e. The Labute approximate surface area is 93.5 Å². The number of ether oxygens (including phenoxy) is 1. The van der Waals surface area contributed by atoms with Crippen LogP contribution >= 0.6 is 11.6 Å². The van der Waals surface area contributed by atoms with E-state index in [0.29, 0.717) is 10.9 Å². The predicted molar refractivity (Wildman–Crippen MR) is 60.5 cm³/mol. The fourth-order valence-electron chi connectivity index (χ4n) is 1.19. The Morgan fingerprint density at radius 3 is 2.53 bits per heavy atom. The van der Waals surface area contributed by atoms with Gasteiger partial charge in [0.15, 0.2) is 0 Å². The largest absolute Gasteiger partial charge is 0.439 e. The van der Waals surface area contributed by atoms with Crippen molar-refractivity contribution in [2.45, 2.75) is 6.92 Å². The Kier molecular flexibility index (Phi) is 2.88. The minimum Gasteiger partial charge on any atom is -0.439 e. The summed E-state index contributed by atoms with van der Waals surface area (Å²) in [4.78, 5) is 4.10. The van der Waals surface area contributed by atoms with Gasteiger partial charge in [-0.05, 0) is 42.8 Å². The van der Waals surface area contributed by atoms with Crippen LogP contribution in [0.4, 0.5) is 0 Å². The average Bonchev–Trinajstić information content (AvgIpc) is 2.22. The summed E-state index contributed by atoms with van der Waals surface area (Å²) in [6.45, 7) is 2.00. The van der Waals surface area contributed by atoms with E-state index in [4.69, 9.17) is 16.3 Å². The normalized spacial score (nSPS) is 10.0. The van der Waals surface area contributed by atoms with E-state index in [1.807, 2.05) is 31.2 Å². The highest BCUT2D eigenvalue weighted by atomic mass is 35.5. The highest BCUT2D eigenvalue weighted by molar-refractivity contribution is 6.30. The summed E-state index contributed by atoms with van der Waals surface area (Å²) in [6.07, 6.45) is 1.72. The van der Waals surface area contributed by atoms with Crippen molar-refractivity contribution in [2.24, 2.45) is 0 Å². The van der Waals surface area contributed by atoms with Crippen LogP contribution in [0.2, 0.25) is 5.02 Å². The molecule has 2 aromatic rings. The highest BCUT2D eigenvalue weighted by Crippen LogP contribution is 2.21. The summed E-state index contributed by atoms with van der Waals surface area (Å²) in [6, 6.07) is 11.0. The number of pyridine rings is 1. The van der Waals surface area contributed by atoms with Gasteiger partial charge < -0.3 is 4.74 Å². The first kappa shape index (κ1) is 9.99. The maximum absolute atomic E-state index is 5.77. The third kappa shape index (κ3) is 2.70. The van der Waals surface area contributed by atoms with Gasteiger partial charge in [0.1, 0.15) is 5.75 Å². The maximum atomic E-state index is 5.77. The number of aryl methyl sites for hydroxylation is 1. The number of aromatic nitrogens is 1. The van der Waals surface area contributed by atoms with E-state index >= 15 is 0 Å². The summed E-state index contributed by atoms with van der Waals surface area (Å²) in [5.74, 6) is 1.33. The first-order valence-electron chi connectivity index (χ1n) is 4.60. The molecule has 0 spiro atoms. The molecule has 0 N–H and O–H groups in total. The predicted octanol–water partition coefficient (Wildman–Crippen LogP) is 3.84. The van der Waals surface area contributed by atoms with Gasteiger partial charge in [-0.1, -0.05) is 11.6 Å². The third-order valence-corrected chi connectivity index (χ3v) is 2.18. The van der Waals surface area contributed by atoms with Gasteiger partial charge in [-0.2, -0.15) is 0 Å². The molecule has 1 aromatic heterocycles. The molecule has 0 saturated heterocycles. The molecule has 76 valence electrons. The molecule has 0 aliphatic carbocycles. The number of hydrogen-bond acceptors (Lipinski definition) is 2. The van der Waals surface area contributed by atoms with Gasteiger partial charge >= 0.3 is 0 Å². The first-order chi connectivity index (χ1) is 7.24. The lowest BCUT2D eigenvalue weighted by molar-refractivity contribution is 0.462. The van der Waals surface area contributed by atoms with Crippen LogP contribution in [0.3, 0.4) is 0 Å². The van der Waals surface area contributed by atoms with Crippen molar-refractivity contribution in [3.63, 3.8) is 0 Å². The van der Waals surface area contributed by atoms with E-state index in [1.54, 1.807) is 18.3 Å². The maximum Gasteiger partial charge on any atom is 0.219 e. The van der Waals surface area contributed by atoms with Crippen LogP contribution in [0.1, 0.15) is 5.56 Å². The van der Waals surface area contributed by atoms with Crippen LogP contribution in [0.15, 0.2) is 42.6 Å². The van der Waals surface area contributed by atoms with Crippen molar-refractivity contribution in [1.82, 2.24) is 4.98 Å². The van der Waals surface area contributed by atoms with E-state index in [2.05, 4.69) is 4.98 Å². The van der Waals surface area contributed by atoms with Gasteiger partial charge in [0.2, 0.25) is 5.88 Å². The lowest BCUT2D eigenvalue weighted by Gasteiger charge is -2.04. The number of benzene rings is 1. The first-order valence-corrected chi connectivity index (χ1v) is 4.98. The second-order valence-electron chi connectivity index (χ2n) is 3.23. The molecule has 1 aromatic carbocycles. The molecule has 0 aliphatic rings. The van der Waals surface area contributed by atoms with Crippen molar-refractivity contribution >= 4 is 11.6 Å². The minimum absolute atomic E-state index is 0.595. The van der Waals surface area contributed by atoms with Gasteiger partial charge in [0.05, 0.1) is 0 Å². The van der Waals surface area contributed by atoms with Gasteiger partial charge in [-0.3, -0.25) is 0 Å². The van der Waals surface area contributed by atoms with Crippen molar-refractivity contribution in [1.29, 1.82) is 0 Å². The van der Waals surface area contributed by atoms with Gasteiger partial charge in [0, 0.05) is 17.3 Å². The third-order valence-electron chi connectivity index (χ3n) is 1.93. The molecular weight excluding hydrogens is 210 g/mol. The Morgan fingerprint density at radius 2 is 1.87 bits per heavy atom. The molecular formula is C12H10ClNO. The lowest BCUT2D eigenvalue weighted by atomic mass is 10.3. The molecule has 0 bridgehead atoms. The van der Waals surface area contributed by atoms with E-state index < -0.39 is 0 Å². The monoisotopic (exact) mass is 219 g/mol. The summed E-state index contributed by atoms with van der Waals surface area (Å²) < 4.78 is 5.54. The molecule has 15 heavy (non-hydrogen) atoms. The number of nitrogens with zero attached hydrogens (tertiary/aromatic N) is 1. The fourth-order valence-corrected chi connectivity index (χ4v) is 1.31. The van der Waals surface area contributed by atoms with Crippen LogP contribution < -0.4 is 4.74 Å². The van der Waals surface area contributed by atoms with E-state index in [0.717, 1.165) is 11.3 Å². The molecule has 0 saturated carbocycles. The molecule has 1 heterocycles. The SMILES string of the molecule is Cc1ccnc(Oc2ccc(Cl)cc2)c1. The standard InChI is InChI=1S/C12H10ClNO/c1-9-6-7-14-12(8-9)15-11-4-2-10(13)3-5-11/h2-8H,1H3. The van der Waals surface area contributed by atoms with E-state index in [9.17, 15) is 0 Å². The second kappa shape index (κ2) is 4.32. The van der Waals surface area contributed by atoms with Crippen molar-refractivity contribution in [3.05, 3.63) is 53.2 Å². The molecule has 0 fully saturated rings. The van der Waals surface area contributed by atoms with Gasteiger partial charge in [-0.25, -0.2) is 4.98 Å². The minimum atomic E-state index is 0.595. The van der Waals surface area contributed by atoms with Crippen LogP contribution in [0.5, 0.6) is 11.6 Å². The molecule has 0 aliphatic heterocycles. The zero-order valence-electron chi connectivity index (χ0n) is 8.27. The summed E-state index contributed by atoms with van der Waals surface area (Å²) in [5.41, 5.74) is 1.12. The van der Waals surface area contributed by atoms with Crippen LogP contribution in [0.25, 0.3) is 0 Å². The quantitative estimate of drug-likeness (QED) is 0.766. The van der Waals surface area contributed by atoms with E-state index in [-0.39, 0.29) is 0 Å². The molecule has 0 radical (unpaired) electrons. The van der Waals surface area contributed by atoms with Gasteiger partial charge in [-0.15, -0.1) is 0 Å². The Morgan fingerprint density at radius 1 is 1.13 bits per heavy atom. The number of hydrogen-bond donors (Lipinski definition) is 0. The molecule has 2 nitrogen and oxygen atoms in total. The van der Waals surface area contributed by atoms with Crippen molar-refractivity contribution < 1.29 is 4.74 Å². The Balaban J connectivity index is 2.18. The molecule has 3 heteroatoms. The number of halogens is 1. The second-order valence-corrected chi connectivity index (χ2v) is 3.66. The highest BCUT2D eigenvalue weighted by Gasteiger charge is 1.98. The molecule has 0 unspecified atom stereocenters. The van der Waals surface area contributed by atoms with Crippen LogP contribution in [0, 0.1) is 6.92 Å². The fraction of sp³-hybridized carbons (Fsp3) is 0.0833. The Hall–Kier alpha value is -1.54. The zero-order valence-corrected chi connectivity index (χ0v) is 9.03. The van der Waals surface area contributed by atoms with Crippen molar-refractivity contribution in [3.8, 4) is 11.6 Å². The Bertz CT molecular complexity index is 453. The van der Waals surface area contributed by atoms with Crippen molar-refractivity contribution in [2.75, 3.05) is 0 Å². The topological polar surface area (TPSA) is 22.1 Å². The average molecular weight is 220 g/mol. The van der Waals surface area contributed by atoms with E-state index in [1.165, 1.54) is 0 Å². The molecule has 2 rings (SSSR count). The molecule has 0 amide bonds. The molecule has 0 atom stereocenters. The van der Waals surface area contributed by atoms with Crippen LogP contribution in [-0.4, -0.2) is 4.98 Å².